The number of rotatable bonds is 9. The number of hydrogen-bond donors (Lipinski definition) is 1. The third-order valence-corrected chi connectivity index (χ3v) is 5.21. The molecule has 1 N–H and O–H groups in total. The van der Waals surface area contributed by atoms with Gasteiger partial charge in [-0.3, -0.25) is 4.79 Å². The van der Waals surface area contributed by atoms with Crippen molar-refractivity contribution in [2.45, 2.75) is 26.0 Å². The van der Waals surface area contributed by atoms with Gasteiger partial charge in [-0.2, -0.15) is 4.98 Å². The molecule has 0 spiro atoms. The van der Waals surface area contributed by atoms with E-state index in [4.69, 9.17) is 18.7 Å². The standard InChI is InChI=1S/C25H25N3O5/c1-4-20(32-21-11-7-9-16-8-5-6-10-18(16)21)25(29)26-15-23-27-24(28-33-23)19-13-12-17(30-2)14-22(19)31-3/h5-14,20H,4,15H2,1-3H3,(H,26,29)/t20-/m1/s1. The van der Waals surface area contributed by atoms with Gasteiger partial charge in [-0.25, -0.2) is 0 Å². The second-order valence-corrected chi connectivity index (χ2v) is 7.29. The van der Waals surface area contributed by atoms with Crippen molar-refractivity contribution in [1.29, 1.82) is 0 Å². The van der Waals surface area contributed by atoms with E-state index < -0.39 is 6.10 Å². The Morgan fingerprint density at radius 1 is 1.03 bits per heavy atom. The van der Waals surface area contributed by atoms with Crippen LogP contribution in [0.5, 0.6) is 17.2 Å². The molecule has 1 atom stereocenters. The first-order chi connectivity index (χ1) is 16.1. The zero-order valence-corrected chi connectivity index (χ0v) is 18.7. The van der Waals surface area contributed by atoms with Crippen LogP contribution in [-0.4, -0.2) is 36.4 Å². The first-order valence-corrected chi connectivity index (χ1v) is 10.6. The molecule has 8 heteroatoms. The second kappa shape index (κ2) is 10.0. The molecular weight excluding hydrogens is 422 g/mol. The average Bonchev–Trinajstić information content (AvgIpc) is 3.34. The van der Waals surface area contributed by atoms with Gasteiger partial charge in [-0.15, -0.1) is 0 Å². The third-order valence-electron chi connectivity index (χ3n) is 5.21. The van der Waals surface area contributed by atoms with Crippen molar-refractivity contribution < 1.29 is 23.5 Å². The fraction of sp³-hybridized carbons (Fsp3) is 0.240. The van der Waals surface area contributed by atoms with Gasteiger partial charge in [0.15, 0.2) is 6.10 Å². The second-order valence-electron chi connectivity index (χ2n) is 7.29. The van der Waals surface area contributed by atoms with Gasteiger partial charge in [0.2, 0.25) is 11.7 Å². The van der Waals surface area contributed by atoms with Crippen LogP contribution < -0.4 is 19.5 Å². The van der Waals surface area contributed by atoms with Crippen molar-refractivity contribution in [3.63, 3.8) is 0 Å². The van der Waals surface area contributed by atoms with Gasteiger partial charge in [-0.05, 0) is 30.0 Å². The number of benzene rings is 3. The summed E-state index contributed by atoms with van der Waals surface area (Å²) in [4.78, 5) is 17.1. The highest BCUT2D eigenvalue weighted by Crippen LogP contribution is 2.31. The van der Waals surface area contributed by atoms with Crippen LogP contribution in [0.1, 0.15) is 19.2 Å². The van der Waals surface area contributed by atoms with Crippen LogP contribution in [0.2, 0.25) is 0 Å². The molecule has 0 fully saturated rings. The van der Waals surface area contributed by atoms with Gasteiger partial charge in [0.05, 0.1) is 26.3 Å². The van der Waals surface area contributed by atoms with Crippen LogP contribution in [0.25, 0.3) is 22.2 Å². The molecule has 0 aliphatic heterocycles. The van der Waals surface area contributed by atoms with E-state index in [1.807, 2.05) is 49.4 Å². The maximum absolute atomic E-state index is 12.8. The maximum Gasteiger partial charge on any atom is 0.261 e. The zero-order chi connectivity index (χ0) is 23.2. The molecule has 4 aromatic rings. The van der Waals surface area contributed by atoms with Crippen molar-refractivity contribution in [3.8, 4) is 28.6 Å². The molecule has 0 radical (unpaired) electrons. The van der Waals surface area contributed by atoms with Gasteiger partial charge < -0.3 is 24.1 Å². The Kier molecular flexibility index (Phi) is 6.73. The number of nitrogens with one attached hydrogen (secondary N) is 1. The minimum absolute atomic E-state index is 0.0830. The van der Waals surface area contributed by atoms with E-state index in [0.717, 1.165) is 10.8 Å². The number of ether oxygens (including phenoxy) is 3. The highest BCUT2D eigenvalue weighted by atomic mass is 16.5. The van der Waals surface area contributed by atoms with Gasteiger partial charge in [0.1, 0.15) is 17.2 Å². The molecule has 0 unspecified atom stereocenters. The normalized spacial score (nSPS) is 11.7. The molecule has 33 heavy (non-hydrogen) atoms. The molecule has 4 rings (SSSR count). The molecule has 0 bridgehead atoms. The van der Waals surface area contributed by atoms with Crippen LogP contribution in [0.4, 0.5) is 0 Å². The fourth-order valence-corrected chi connectivity index (χ4v) is 3.47. The minimum atomic E-state index is -0.653. The van der Waals surface area contributed by atoms with Gasteiger partial charge >= 0.3 is 0 Å². The molecule has 1 aromatic heterocycles. The van der Waals surface area contributed by atoms with Gasteiger partial charge in [-0.1, -0.05) is 48.5 Å². The first-order valence-electron chi connectivity index (χ1n) is 10.6. The predicted molar refractivity (Wildman–Crippen MR) is 123 cm³/mol. The van der Waals surface area contributed by atoms with Gasteiger partial charge in [0, 0.05) is 11.5 Å². The topological polar surface area (TPSA) is 95.7 Å². The lowest BCUT2D eigenvalue weighted by atomic mass is 10.1. The number of methoxy groups -OCH3 is 2. The Hall–Kier alpha value is -4.07. The molecular formula is C25H25N3O5. The summed E-state index contributed by atoms with van der Waals surface area (Å²) in [7, 11) is 3.14. The average molecular weight is 447 g/mol. The van der Waals surface area contributed by atoms with Crippen molar-refractivity contribution >= 4 is 16.7 Å². The Balaban J connectivity index is 1.43. The molecule has 3 aromatic carbocycles. The molecule has 8 nitrogen and oxygen atoms in total. The summed E-state index contributed by atoms with van der Waals surface area (Å²) in [5.41, 5.74) is 0.658. The highest BCUT2D eigenvalue weighted by Gasteiger charge is 2.21. The van der Waals surface area contributed by atoms with E-state index in [1.165, 1.54) is 0 Å². The number of nitrogens with zero attached hydrogens (tertiary/aromatic N) is 2. The van der Waals surface area contributed by atoms with Crippen LogP contribution in [0.15, 0.2) is 65.2 Å². The number of carbonyl (C=O) groups is 1. The molecule has 0 aliphatic rings. The summed E-state index contributed by atoms with van der Waals surface area (Å²) in [6.07, 6.45) is -0.146. The number of aromatic nitrogens is 2. The summed E-state index contributed by atoms with van der Waals surface area (Å²) in [6.45, 7) is 1.98. The van der Waals surface area contributed by atoms with Gasteiger partial charge in [0.25, 0.3) is 5.91 Å². The quantitative estimate of drug-likeness (QED) is 0.407. The number of carbonyl (C=O) groups excluding carboxylic acids is 1. The summed E-state index contributed by atoms with van der Waals surface area (Å²) in [5, 5.41) is 8.84. The lowest BCUT2D eigenvalue weighted by molar-refractivity contribution is -0.128. The summed E-state index contributed by atoms with van der Waals surface area (Å²) < 4.78 is 22.0. The zero-order valence-electron chi connectivity index (χ0n) is 18.7. The lowest BCUT2D eigenvalue weighted by Gasteiger charge is -2.18. The van der Waals surface area contributed by atoms with Crippen LogP contribution >= 0.6 is 0 Å². The smallest absolute Gasteiger partial charge is 0.261 e. The summed E-state index contributed by atoms with van der Waals surface area (Å²) >= 11 is 0. The SMILES string of the molecule is CC[C@@H](Oc1cccc2ccccc12)C(=O)NCc1nc(-c2ccc(OC)cc2OC)no1. The van der Waals surface area contributed by atoms with Crippen molar-refractivity contribution in [1.82, 2.24) is 15.5 Å². The summed E-state index contributed by atoms with van der Waals surface area (Å²) in [5.74, 6) is 2.26. The number of hydrogen-bond acceptors (Lipinski definition) is 7. The largest absolute Gasteiger partial charge is 0.497 e. The summed E-state index contributed by atoms with van der Waals surface area (Å²) in [6, 6.07) is 19.0. The van der Waals surface area contributed by atoms with E-state index in [9.17, 15) is 4.79 Å². The maximum atomic E-state index is 12.8. The molecule has 0 aliphatic carbocycles. The van der Waals surface area contributed by atoms with Crippen LogP contribution in [0.3, 0.4) is 0 Å². The molecule has 1 amide bonds. The van der Waals surface area contributed by atoms with E-state index in [2.05, 4.69) is 15.5 Å². The first kappa shape index (κ1) is 22.1. The van der Waals surface area contributed by atoms with E-state index >= 15 is 0 Å². The number of fused-ring (bicyclic) bond motifs is 1. The van der Waals surface area contributed by atoms with Crippen molar-refractivity contribution in [3.05, 3.63) is 66.6 Å². The third kappa shape index (κ3) is 4.90. The van der Waals surface area contributed by atoms with Crippen molar-refractivity contribution in [2.24, 2.45) is 0 Å². The molecule has 1 heterocycles. The monoisotopic (exact) mass is 447 g/mol. The minimum Gasteiger partial charge on any atom is -0.497 e. The number of amides is 1. The van der Waals surface area contributed by atoms with E-state index in [1.54, 1.807) is 32.4 Å². The Labute approximate surface area is 191 Å². The highest BCUT2D eigenvalue weighted by molar-refractivity contribution is 5.89. The predicted octanol–water partition coefficient (Wildman–Crippen LogP) is 4.38. The fourth-order valence-electron chi connectivity index (χ4n) is 3.47. The van der Waals surface area contributed by atoms with E-state index in [0.29, 0.717) is 35.1 Å². The van der Waals surface area contributed by atoms with E-state index in [-0.39, 0.29) is 18.3 Å². The molecule has 0 saturated heterocycles. The Morgan fingerprint density at radius 3 is 2.64 bits per heavy atom. The Morgan fingerprint density at radius 2 is 1.85 bits per heavy atom. The Bertz CT molecular complexity index is 1250. The van der Waals surface area contributed by atoms with Crippen LogP contribution in [0, 0.1) is 0 Å². The lowest BCUT2D eigenvalue weighted by Crippen LogP contribution is -2.37. The van der Waals surface area contributed by atoms with Crippen molar-refractivity contribution in [2.75, 3.05) is 14.2 Å². The molecule has 0 saturated carbocycles. The molecule has 170 valence electrons. The van der Waals surface area contributed by atoms with Crippen LogP contribution in [-0.2, 0) is 11.3 Å².